The summed E-state index contributed by atoms with van der Waals surface area (Å²) in [6.07, 6.45) is 0. The zero-order valence-electron chi connectivity index (χ0n) is 37.1. The summed E-state index contributed by atoms with van der Waals surface area (Å²) in [5.41, 5.74) is 4.96. The van der Waals surface area contributed by atoms with Crippen LogP contribution in [0.25, 0.3) is 0 Å². The van der Waals surface area contributed by atoms with Gasteiger partial charge < -0.3 is 20.1 Å². The van der Waals surface area contributed by atoms with E-state index in [0.29, 0.717) is 45.7 Å². The van der Waals surface area contributed by atoms with Crippen molar-refractivity contribution in [2.45, 2.75) is 19.3 Å². The molecular weight excluding hydrogens is 869 g/mol. The normalized spacial score (nSPS) is 13.0. The van der Waals surface area contributed by atoms with Crippen LogP contribution in [0.15, 0.2) is 194 Å². The Morgan fingerprint density at radius 3 is 1.06 bits per heavy atom. The Labute approximate surface area is 396 Å². The minimum atomic E-state index is -0.516. The van der Waals surface area contributed by atoms with Crippen LogP contribution in [0.1, 0.15) is 87.1 Å². The lowest BCUT2D eigenvalue weighted by atomic mass is 9.78. The molecule has 336 valence electrons. The Kier molecular flexibility index (Phi) is 11.2. The highest BCUT2D eigenvalue weighted by Crippen LogP contribution is 2.37. The number of amides is 6. The number of benzene rings is 8. The van der Waals surface area contributed by atoms with Crippen LogP contribution < -0.4 is 29.9 Å². The quantitative estimate of drug-likeness (QED) is 0.115. The molecule has 0 saturated heterocycles. The molecule has 0 atom stereocenters. The molecule has 2 aliphatic rings. The fraction of sp³-hybridized carbons (Fsp3) is 0.0526. The van der Waals surface area contributed by atoms with Crippen LogP contribution in [-0.2, 0) is 5.41 Å². The van der Waals surface area contributed by atoms with E-state index in [0.717, 1.165) is 20.9 Å². The van der Waals surface area contributed by atoms with Crippen molar-refractivity contribution >= 4 is 58.2 Å². The van der Waals surface area contributed by atoms with Gasteiger partial charge in [-0.3, -0.25) is 28.8 Å². The average Bonchev–Trinajstić information content (AvgIpc) is 3.78. The Hall–Kier alpha value is -9.42. The number of rotatable bonds is 12. The number of carbonyl (C=O) groups excluding carboxylic acids is 6. The van der Waals surface area contributed by atoms with Gasteiger partial charge in [-0.05, 0) is 145 Å². The summed E-state index contributed by atoms with van der Waals surface area (Å²) in [4.78, 5) is 81.6. The van der Waals surface area contributed by atoms with Gasteiger partial charge in [0.2, 0.25) is 0 Å². The first-order valence-electron chi connectivity index (χ1n) is 22.0. The van der Waals surface area contributed by atoms with Crippen molar-refractivity contribution in [3.8, 4) is 23.0 Å². The Morgan fingerprint density at radius 1 is 0.391 bits per heavy atom. The molecule has 0 unspecified atom stereocenters. The molecule has 0 radical (unpaired) electrons. The number of ether oxygens (including phenoxy) is 2. The van der Waals surface area contributed by atoms with E-state index < -0.39 is 29.0 Å². The summed E-state index contributed by atoms with van der Waals surface area (Å²) >= 11 is 0. The number of nitrogens with zero attached hydrogens (tertiary/aromatic N) is 2. The van der Waals surface area contributed by atoms with Gasteiger partial charge in [0.15, 0.2) is 0 Å². The fourth-order valence-corrected chi connectivity index (χ4v) is 8.33. The molecule has 10 rings (SSSR count). The van der Waals surface area contributed by atoms with E-state index in [1.54, 1.807) is 97.1 Å². The van der Waals surface area contributed by atoms with Crippen molar-refractivity contribution in [3.63, 3.8) is 0 Å². The summed E-state index contributed by atoms with van der Waals surface area (Å²) in [7, 11) is 0. The van der Waals surface area contributed by atoms with Gasteiger partial charge in [0.1, 0.15) is 23.0 Å². The summed E-state index contributed by atoms with van der Waals surface area (Å²) in [5, 5.41) is 5.60. The van der Waals surface area contributed by atoms with Crippen LogP contribution in [0.5, 0.6) is 23.0 Å². The number of para-hydroxylation sites is 2. The molecule has 2 aliphatic heterocycles. The second-order valence-electron chi connectivity index (χ2n) is 16.9. The molecule has 0 aromatic heterocycles. The van der Waals surface area contributed by atoms with E-state index in [9.17, 15) is 28.8 Å². The van der Waals surface area contributed by atoms with Gasteiger partial charge in [0, 0.05) is 27.9 Å². The van der Waals surface area contributed by atoms with Gasteiger partial charge in [-0.25, -0.2) is 9.80 Å². The number of hydrogen-bond acceptors (Lipinski definition) is 8. The van der Waals surface area contributed by atoms with Crippen molar-refractivity contribution in [1.29, 1.82) is 0 Å². The number of anilines is 4. The second-order valence-corrected chi connectivity index (χ2v) is 16.9. The molecule has 0 fully saturated rings. The van der Waals surface area contributed by atoms with Crippen molar-refractivity contribution in [2.24, 2.45) is 0 Å². The smallest absolute Gasteiger partial charge is 0.266 e. The lowest BCUT2D eigenvalue weighted by Crippen LogP contribution is -2.29. The molecule has 0 saturated carbocycles. The van der Waals surface area contributed by atoms with E-state index in [1.807, 2.05) is 60.7 Å². The number of imide groups is 2. The maximum absolute atomic E-state index is 13.5. The van der Waals surface area contributed by atoms with E-state index in [4.69, 9.17) is 9.47 Å². The first-order valence-corrected chi connectivity index (χ1v) is 22.0. The van der Waals surface area contributed by atoms with E-state index >= 15 is 0 Å². The maximum atomic E-state index is 13.5. The molecule has 2 N–H and O–H groups in total. The molecule has 2 heterocycles. The third kappa shape index (κ3) is 8.49. The molecule has 0 aliphatic carbocycles. The molecule has 8 aromatic carbocycles. The highest BCUT2D eigenvalue weighted by Gasteiger charge is 2.38. The summed E-state index contributed by atoms with van der Waals surface area (Å²) in [6, 6.07) is 55.8. The molecule has 12 nitrogen and oxygen atoms in total. The molecule has 8 aromatic rings. The number of nitrogens with one attached hydrogen (secondary N) is 2. The van der Waals surface area contributed by atoms with Gasteiger partial charge in [-0.2, -0.15) is 0 Å². The SMILES string of the molecule is CC(C)(c1ccc(Oc2ccc(N3C(=O)c4ccc(C(=O)Nc5ccccc5)cc4C3=O)cc2)cc1)c1ccc(Oc2ccc(N3C(=O)c4ccc(C(=O)Nc5ccccc5)cc4C3=O)cc2)cc1. The van der Waals surface area contributed by atoms with Gasteiger partial charge in [0.25, 0.3) is 35.4 Å². The predicted molar refractivity (Wildman–Crippen MR) is 262 cm³/mol. The monoisotopic (exact) mass is 908 g/mol. The second kappa shape index (κ2) is 17.8. The maximum Gasteiger partial charge on any atom is 0.266 e. The summed E-state index contributed by atoms with van der Waals surface area (Å²) < 4.78 is 12.3. The van der Waals surface area contributed by atoms with E-state index in [1.165, 1.54) is 36.4 Å². The molecule has 69 heavy (non-hydrogen) atoms. The topological polar surface area (TPSA) is 151 Å². The van der Waals surface area contributed by atoms with Crippen molar-refractivity contribution in [1.82, 2.24) is 0 Å². The Balaban J connectivity index is 0.742. The van der Waals surface area contributed by atoms with E-state index in [-0.39, 0.29) is 45.2 Å². The number of carbonyl (C=O) groups is 6. The molecule has 12 heteroatoms. The highest BCUT2D eigenvalue weighted by atomic mass is 16.5. The Bertz CT molecular complexity index is 3110. The number of hydrogen-bond donors (Lipinski definition) is 2. The van der Waals surface area contributed by atoms with Crippen LogP contribution in [0.4, 0.5) is 22.7 Å². The largest absolute Gasteiger partial charge is 0.457 e. The third-order valence-corrected chi connectivity index (χ3v) is 12.2. The average molecular weight is 909 g/mol. The lowest BCUT2D eigenvalue weighted by Gasteiger charge is -2.26. The summed E-state index contributed by atoms with van der Waals surface area (Å²) in [6.45, 7) is 4.24. The van der Waals surface area contributed by atoms with Crippen LogP contribution in [-0.4, -0.2) is 35.4 Å². The van der Waals surface area contributed by atoms with Gasteiger partial charge >= 0.3 is 0 Å². The molecule has 6 amide bonds. The third-order valence-electron chi connectivity index (χ3n) is 12.2. The van der Waals surface area contributed by atoms with Crippen LogP contribution in [0.2, 0.25) is 0 Å². The minimum Gasteiger partial charge on any atom is -0.457 e. The first-order chi connectivity index (χ1) is 33.4. The lowest BCUT2D eigenvalue weighted by molar-refractivity contribution is 0.0910. The van der Waals surface area contributed by atoms with Crippen LogP contribution in [0.3, 0.4) is 0 Å². The van der Waals surface area contributed by atoms with Crippen LogP contribution in [0, 0.1) is 0 Å². The van der Waals surface area contributed by atoms with E-state index in [2.05, 4.69) is 24.5 Å². The Morgan fingerprint density at radius 2 is 0.710 bits per heavy atom. The van der Waals surface area contributed by atoms with Gasteiger partial charge in [0.05, 0.1) is 33.6 Å². The molecular formula is C57H40N4O8. The van der Waals surface area contributed by atoms with Gasteiger partial charge in [-0.1, -0.05) is 74.5 Å². The predicted octanol–water partition coefficient (Wildman–Crippen LogP) is 11.7. The van der Waals surface area contributed by atoms with Crippen molar-refractivity contribution in [3.05, 3.63) is 239 Å². The molecule has 0 bridgehead atoms. The zero-order valence-corrected chi connectivity index (χ0v) is 37.1. The molecule has 0 spiro atoms. The van der Waals surface area contributed by atoms with Crippen LogP contribution >= 0.6 is 0 Å². The highest BCUT2D eigenvalue weighted by molar-refractivity contribution is 6.35. The zero-order chi connectivity index (χ0) is 47.8. The fourth-order valence-electron chi connectivity index (χ4n) is 8.33. The van der Waals surface area contributed by atoms with Crippen molar-refractivity contribution < 1.29 is 38.2 Å². The van der Waals surface area contributed by atoms with Gasteiger partial charge in [-0.15, -0.1) is 0 Å². The summed E-state index contributed by atoms with van der Waals surface area (Å²) in [5.74, 6) is -0.542. The standard InChI is InChI=1S/C57H40N4O8/c1-57(2,37-15-23-43(24-16-37)68-45-27-19-41(20-28-45)60-53(64)47-31-13-35(33-49(47)55(60)66)51(62)58-39-9-5-3-6-10-39)38-17-25-44(26-18-38)69-46-29-21-42(22-30-46)61-54(65)48-32-14-36(34-50(48)56(61)67)52(63)59-40-11-7-4-8-12-40/h3-34H,1-2H3,(H,58,62)(H,59,63). The number of fused-ring (bicyclic) bond motifs is 2. The first kappa shape index (κ1) is 43.5. The van der Waals surface area contributed by atoms with Crippen molar-refractivity contribution in [2.75, 3.05) is 20.4 Å². The minimum absolute atomic E-state index is 0.158.